The number of primary amides is 1. The molecule has 0 spiro atoms. The highest BCUT2D eigenvalue weighted by atomic mass is 32.1. The molecule has 7 nitrogen and oxygen atoms in total. The lowest BCUT2D eigenvalue weighted by Crippen LogP contribution is -2.47. The van der Waals surface area contributed by atoms with Gasteiger partial charge in [-0.1, -0.05) is 0 Å². The number of hydrogen-bond acceptors (Lipinski definition) is 6. The van der Waals surface area contributed by atoms with E-state index in [1.165, 1.54) is 18.4 Å². The minimum Gasteiger partial charge on any atom is -0.469 e. The standard InChI is InChI=1S/C15H21N3O4S/c1-9(18-6-3-10(4-7-18)15(21)22-2)13(20)17-14-11(12(16)19)5-8-23-14/h5,8-10H,3-4,6-7H2,1-2H3,(H2,16,19)(H,17,20). The van der Waals surface area contributed by atoms with Crippen LogP contribution in [0.25, 0.3) is 0 Å². The molecule has 1 aliphatic rings. The van der Waals surface area contributed by atoms with Gasteiger partial charge in [-0.15, -0.1) is 11.3 Å². The monoisotopic (exact) mass is 339 g/mol. The molecule has 1 unspecified atom stereocenters. The number of nitrogens with zero attached hydrogens (tertiary/aromatic N) is 1. The van der Waals surface area contributed by atoms with E-state index in [-0.39, 0.29) is 23.8 Å². The molecule has 0 aromatic carbocycles. The Kier molecular flexibility index (Phi) is 5.73. The van der Waals surface area contributed by atoms with Crippen LogP contribution in [0.4, 0.5) is 5.00 Å². The first kappa shape index (κ1) is 17.4. The van der Waals surface area contributed by atoms with Crippen LogP contribution in [-0.4, -0.2) is 48.9 Å². The first-order chi connectivity index (χ1) is 10.9. The number of piperidine rings is 1. The van der Waals surface area contributed by atoms with Gasteiger partial charge in [0.25, 0.3) is 5.91 Å². The molecule has 0 radical (unpaired) electrons. The van der Waals surface area contributed by atoms with Crippen molar-refractivity contribution in [2.75, 3.05) is 25.5 Å². The first-order valence-electron chi connectivity index (χ1n) is 7.44. The molecule has 0 aliphatic carbocycles. The molecule has 0 saturated carbocycles. The van der Waals surface area contributed by atoms with Crippen LogP contribution >= 0.6 is 11.3 Å². The second-order valence-electron chi connectivity index (χ2n) is 5.53. The number of esters is 1. The third kappa shape index (κ3) is 4.08. The third-order valence-electron chi connectivity index (χ3n) is 4.16. The highest BCUT2D eigenvalue weighted by Gasteiger charge is 2.30. The smallest absolute Gasteiger partial charge is 0.308 e. The van der Waals surface area contributed by atoms with Crippen LogP contribution < -0.4 is 11.1 Å². The number of hydrogen-bond donors (Lipinski definition) is 2. The van der Waals surface area contributed by atoms with Gasteiger partial charge in [0, 0.05) is 0 Å². The molecule has 1 atom stereocenters. The largest absolute Gasteiger partial charge is 0.469 e. The Morgan fingerprint density at radius 3 is 2.61 bits per heavy atom. The molecule has 126 valence electrons. The maximum absolute atomic E-state index is 12.4. The average Bonchev–Trinajstić information content (AvgIpc) is 3.01. The number of amides is 2. The minimum absolute atomic E-state index is 0.0923. The number of carbonyl (C=O) groups excluding carboxylic acids is 3. The fourth-order valence-electron chi connectivity index (χ4n) is 2.67. The lowest BCUT2D eigenvalue weighted by molar-refractivity contribution is -0.147. The molecule has 2 heterocycles. The predicted octanol–water partition coefficient (Wildman–Crippen LogP) is 1.06. The summed E-state index contributed by atoms with van der Waals surface area (Å²) < 4.78 is 4.76. The van der Waals surface area contributed by atoms with Crippen LogP contribution in [0.3, 0.4) is 0 Å². The topological polar surface area (TPSA) is 102 Å². The van der Waals surface area contributed by atoms with Gasteiger partial charge in [0.05, 0.1) is 24.6 Å². The van der Waals surface area contributed by atoms with Gasteiger partial charge in [0.1, 0.15) is 5.00 Å². The molecule has 3 N–H and O–H groups in total. The van der Waals surface area contributed by atoms with Crippen LogP contribution in [-0.2, 0) is 14.3 Å². The molecule has 1 aromatic rings. The van der Waals surface area contributed by atoms with Gasteiger partial charge in [-0.2, -0.15) is 0 Å². The molecule has 1 aromatic heterocycles. The zero-order valence-electron chi connectivity index (χ0n) is 13.2. The Labute approximate surface area is 138 Å². The molecule has 2 amide bonds. The summed E-state index contributed by atoms with van der Waals surface area (Å²) in [7, 11) is 1.39. The Hall–Kier alpha value is -1.93. The van der Waals surface area contributed by atoms with E-state index in [1.807, 2.05) is 11.8 Å². The zero-order chi connectivity index (χ0) is 17.0. The van der Waals surface area contributed by atoms with Crippen LogP contribution in [0, 0.1) is 5.92 Å². The van der Waals surface area contributed by atoms with Gasteiger partial charge in [-0.3, -0.25) is 19.3 Å². The molecule has 1 saturated heterocycles. The van der Waals surface area contributed by atoms with Crippen LogP contribution in [0.2, 0.25) is 0 Å². The maximum Gasteiger partial charge on any atom is 0.308 e. The summed E-state index contributed by atoms with van der Waals surface area (Å²) in [6.45, 7) is 3.12. The van der Waals surface area contributed by atoms with Crippen molar-refractivity contribution in [2.45, 2.75) is 25.8 Å². The number of thiophene rings is 1. The fourth-order valence-corrected chi connectivity index (χ4v) is 3.47. The van der Waals surface area contributed by atoms with E-state index < -0.39 is 5.91 Å². The number of nitrogens with two attached hydrogens (primary N) is 1. The lowest BCUT2D eigenvalue weighted by Gasteiger charge is -2.34. The fraction of sp³-hybridized carbons (Fsp3) is 0.533. The van der Waals surface area contributed by atoms with Crippen LogP contribution in [0.5, 0.6) is 0 Å². The van der Waals surface area contributed by atoms with E-state index in [1.54, 1.807) is 11.4 Å². The van der Waals surface area contributed by atoms with Gasteiger partial charge in [-0.05, 0) is 44.3 Å². The third-order valence-corrected chi connectivity index (χ3v) is 4.99. The normalized spacial score (nSPS) is 17.5. The minimum atomic E-state index is -0.562. The number of ether oxygens (including phenoxy) is 1. The van der Waals surface area contributed by atoms with Crippen molar-refractivity contribution in [2.24, 2.45) is 11.7 Å². The number of nitrogens with one attached hydrogen (secondary N) is 1. The van der Waals surface area contributed by atoms with Gasteiger partial charge in [0.2, 0.25) is 5.91 Å². The van der Waals surface area contributed by atoms with Crippen LogP contribution in [0.1, 0.15) is 30.1 Å². The Balaban J connectivity index is 1.92. The molecule has 1 aliphatic heterocycles. The summed E-state index contributed by atoms with van der Waals surface area (Å²) in [5.74, 6) is -1.03. The molecular formula is C15H21N3O4S. The van der Waals surface area contributed by atoms with Crippen molar-refractivity contribution >= 4 is 34.1 Å². The van der Waals surface area contributed by atoms with Crippen molar-refractivity contribution in [1.29, 1.82) is 0 Å². The van der Waals surface area contributed by atoms with Crippen molar-refractivity contribution in [3.8, 4) is 0 Å². The molecule has 1 fully saturated rings. The number of methoxy groups -OCH3 is 1. The van der Waals surface area contributed by atoms with E-state index in [0.717, 1.165) is 0 Å². The summed E-state index contributed by atoms with van der Waals surface area (Å²) in [6.07, 6.45) is 1.35. The SMILES string of the molecule is COC(=O)C1CCN(C(C)C(=O)Nc2sccc2C(N)=O)CC1. The summed E-state index contributed by atoms with van der Waals surface area (Å²) in [4.78, 5) is 37.2. The highest BCUT2D eigenvalue weighted by Crippen LogP contribution is 2.24. The highest BCUT2D eigenvalue weighted by molar-refractivity contribution is 7.14. The average molecular weight is 339 g/mol. The second-order valence-corrected chi connectivity index (χ2v) is 6.44. The van der Waals surface area contributed by atoms with Crippen molar-refractivity contribution in [3.63, 3.8) is 0 Å². The summed E-state index contributed by atoms with van der Waals surface area (Å²) in [5.41, 5.74) is 5.59. The molecular weight excluding hydrogens is 318 g/mol. The van der Waals surface area contributed by atoms with Gasteiger partial charge in [0.15, 0.2) is 0 Å². The Bertz CT molecular complexity index is 593. The number of carbonyl (C=O) groups is 3. The van der Waals surface area contributed by atoms with Gasteiger partial charge in [-0.25, -0.2) is 0 Å². The lowest BCUT2D eigenvalue weighted by atomic mass is 9.96. The molecule has 8 heteroatoms. The Morgan fingerprint density at radius 1 is 1.39 bits per heavy atom. The van der Waals surface area contributed by atoms with E-state index in [4.69, 9.17) is 10.5 Å². The zero-order valence-corrected chi connectivity index (χ0v) is 14.0. The Morgan fingerprint density at radius 2 is 2.04 bits per heavy atom. The maximum atomic E-state index is 12.4. The second kappa shape index (κ2) is 7.56. The van der Waals surface area contributed by atoms with Crippen molar-refractivity contribution < 1.29 is 19.1 Å². The van der Waals surface area contributed by atoms with E-state index in [2.05, 4.69) is 5.32 Å². The van der Waals surface area contributed by atoms with Crippen molar-refractivity contribution in [1.82, 2.24) is 4.90 Å². The number of likely N-dealkylation sites (tertiary alicyclic amines) is 1. The summed E-state index contributed by atoms with van der Waals surface area (Å²) in [5, 5.41) is 4.94. The van der Waals surface area contributed by atoms with Crippen LogP contribution in [0.15, 0.2) is 11.4 Å². The van der Waals surface area contributed by atoms with Gasteiger partial charge >= 0.3 is 5.97 Å². The van der Waals surface area contributed by atoms with E-state index >= 15 is 0 Å². The van der Waals surface area contributed by atoms with Crippen molar-refractivity contribution in [3.05, 3.63) is 17.0 Å². The van der Waals surface area contributed by atoms with Gasteiger partial charge < -0.3 is 15.8 Å². The first-order valence-corrected chi connectivity index (χ1v) is 8.32. The predicted molar refractivity (Wildman–Crippen MR) is 87.2 cm³/mol. The molecule has 0 bridgehead atoms. The van der Waals surface area contributed by atoms with E-state index in [0.29, 0.717) is 36.5 Å². The molecule has 2 rings (SSSR count). The summed E-state index contributed by atoms with van der Waals surface area (Å²) in [6, 6.07) is 1.24. The number of rotatable bonds is 5. The summed E-state index contributed by atoms with van der Waals surface area (Å²) >= 11 is 1.27. The quantitative estimate of drug-likeness (QED) is 0.781. The number of anilines is 1. The molecule has 23 heavy (non-hydrogen) atoms. The van der Waals surface area contributed by atoms with E-state index in [9.17, 15) is 14.4 Å².